The number of hydrogen-bond donors (Lipinski definition) is 1. The summed E-state index contributed by atoms with van der Waals surface area (Å²) >= 11 is 0. The van der Waals surface area contributed by atoms with Gasteiger partial charge in [-0.25, -0.2) is 0 Å². The van der Waals surface area contributed by atoms with Crippen LogP contribution in [0.4, 0.5) is 0 Å². The quantitative estimate of drug-likeness (QED) is 0.699. The van der Waals surface area contributed by atoms with Gasteiger partial charge in [-0.3, -0.25) is 4.90 Å². The summed E-state index contributed by atoms with van der Waals surface area (Å²) in [5.41, 5.74) is 5.41. The molecule has 0 amide bonds. The first-order valence-corrected chi connectivity index (χ1v) is 6.93. The zero-order chi connectivity index (χ0) is 11.2. The summed E-state index contributed by atoms with van der Waals surface area (Å²) in [6.45, 7) is 4.61. The van der Waals surface area contributed by atoms with Gasteiger partial charge in [-0.15, -0.1) is 0 Å². The summed E-state index contributed by atoms with van der Waals surface area (Å²) in [7, 11) is 0. The van der Waals surface area contributed by atoms with E-state index in [0.717, 1.165) is 25.1 Å². The van der Waals surface area contributed by atoms with Gasteiger partial charge >= 0.3 is 0 Å². The molecule has 2 N–H and O–H groups in total. The second-order valence-electron chi connectivity index (χ2n) is 5.19. The van der Waals surface area contributed by atoms with E-state index in [9.17, 15) is 0 Å². The van der Waals surface area contributed by atoms with Crippen molar-refractivity contribution >= 4 is 0 Å². The second kappa shape index (κ2) is 6.58. The summed E-state index contributed by atoms with van der Waals surface area (Å²) in [6.07, 6.45) is 8.65. The van der Waals surface area contributed by atoms with Crippen molar-refractivity contribution in [2.75, 3.05) is 32.8 Å². The minimum Gasteiger partial charge on any atom is -0.379 e. The summed E-state index contributed by atoms with van der Waals surface area (Å²) in [6, 6.07) is 0.865. The van der Waals surface area contributed by atoms with E-state index in [2.05, 4.69) is 4.90 Å². The molecule has 1 saturated carbocycles. The maximum atomic E-state index is 5.49. The van der Waals surface area contributed by atoms with Crippen LogP contribution in [0.15, 0.2) is 0 Å². The molecular weight excluding hydrogens is 200 g/mol. The molecule has 2 fully saturated rings. The monoisotopic (exact) mass is 226 g/mol. The van der Waals surface area contributed by atoms with Crippen LogP contribution in [-0.2, 0) is 4.74 Å². The van der Waals surface area contributed by atoms with Gasteiger partial charge in [-0.05, 0) is 38.1 Å². The summed E-state index contributed by atoms with van der Waals surface area (Å²) in [5, 5.41) is 0. The Morgan fingerprint density at radius 3 is 2.62 bits per heavy atom. The van der Waals surface area contributed by atoms with Gasteiger partial charge < -0.3 is 10.5 Å². The van der Waals surface area contributed by atoms with Crippen molar-refractivity contribution in [1.82, 2.24) is 4.90 Å². The molecule has 3 nitrogen and oxygen atoms in total. The first-order chi connectivity index (χ1) is 7.92. The van der Waals surface area contributed by atoms with Gasteiger partial charge in [0.2, 0.25) is 0 Å². The average molecular weight is 226 g/mol. The van der Waals surface area contributed by atoms with E-state index >= 15 is 0 Å². The minimum absolute atomic E-state index is 0.645. The standard InChI is InChI=1S/C13H26N2O/c14-7-10-16-11-9-15-8-3-6-13(15)12-4-1-2-5-12/h12-13H,1-11,14H2. The lowest BCUT2D eigenvalue weighted by atomic mass is 9.96. The van der Waals surface area contributed by atoms with Crippen molar-refractivity contribution < 1.29 is 4.74 Å². The van der Waals surface area contributed by atoms with Crippen LogP contribution in [0.25, 0.3) is 0 Å². The van der Waals surface area contributed by atoms with Crippen LogP contribution in [0, 0.1) is 5.92 Å². The van der Waals surface area contributed by atoms with Crippen molar-refractivity contribution in [3.8, 4) is 0 Å². The molecule has 3 heteroatoms. The molecular formula is C13H26N2O. The number of rotatable bonds is 6. The highest BCUT2D eigenvalue weighted by Crippen LogP contribution is 2.35. The van der Waals surface area contributed by atoms with E-state index in [0.29, 0.717) is 13.2 Å². The lowest BCUT2D eigenvalue weighted by Gasteiger charge is -2.29. The van der Waals surface area contributed by atoms with Crippen LogP contribution >= 0.6 is 0 Å². The Morgan fingerprint density at radius 2 is 1.88 bits per heavy atom. The molecule has 2 rings (SSSR count). The summed E-state index contributed by atoms with van der Waals surface area (Å²) in [5.74, 6) is 0.983. The Labute approximate surface area is 99.3 Å². The van der Waals surface area contributed by atoms with Crippen LogP contribution in [0.1, 0.15) is 38.5 Å². The lowest BCUT2D eigenvalue weighted by molar-refractivity contribution is 0.0927. The number of nitrogens with zero attached hydrogens (tertiary/aromatic N) is 1. The third-order valence-corrected chi connectivity index (χ3v) is 4.14. The molecule has 1 aliphatic heterocycles. The third kappa shape index (κ3) is 3.19. The molecule has 0 spiro atoms. The van der Waals surface area contributed by atoms with Gasteiger partial charge in [0, 0.05) is 19.1 Å². The Bertz CT molecular complexity index is 192. The summed E-state index contributed by atoms with van der Waals surface area (Å²) < 4.78 is 5.49. The highest BCUT2D eigenvalue weighted by Gasteiger charge is 2.32. The number of likely N-dealkylation sites (tertiary alicyclic amines) is 1. The Morgan fingerprint density at radius 1 is 1.06 bits per heavy atom. The second-order valence-corrected chi connectivity index (χ2v) is 5.19. The molecule has 0 aromatic heterocycles. The maximum absolute atomic E-state index is 5.49. The predicted octanol–water partition coefficient (Wildman–Crippen LogP) is 1.62. The molecule has 1 atom stereocenters. The SMILES string of the molecule is NCCOCCN1CCCC1C1CCCC1. The highest BCUT2D eigenvalue weighted by molar-refractivity contribution is 4.87. The van der Waals surface area contributed by atoms with E-state index in [1.807, 2.05) is 0 Å². The van der Waals surface area contributed by atoms with Crippen LogP contribution in [0.3, 0.4) is 0 Å². The average Bonchev–Trinajstić information content (AvgIpc) is 2.94. The van der Waals surface area contributed by atoms with Gasteiger partial charge in [-0.2, -0.15) is 0 Å². The fourth-order valence-corrected chi connectivity index (χ4v) is 3.37. The molecule has 16 heavy (non-hydrogen) atoms. The molecule has 0 bridgehead atoms. The normalized spacial score (nSPS) is 27.9. The zero-order valence-electron chi connectivity index (χ0n) is 10.4. The fourth-order valence-electron chi connectivity index (χ4n) is 3.37. The van der Waals surface area contributed by atoms with Crippen molar-refractivity contribution in [2.45, 2.75) is 44.6 Å². The largest absolute Gasteiger partial charge is 0.379 e. The van der Waals surface area contributed by atoms with Crippen molar-refractivity contribution in [2.24, 2.45) is 11.7 Å². The van der Waals surface area contributed by atoms with Gasteiger partial charge in [0.25, 0.3) is 0 Å². The Balaban J connectivity index is 1.70. The predicted molar refractivity (Wildman–Crippen MR) is 66.4 cm³/mol. The van der Waals surface area contributed by atoms with Gasteiger partial charge in [0.1, 0.15) is 0 Å². The highest BCUT2D eigenvalue weighted by atomic mass is 16.5. The van der Waals surface area contributed by atoms with Gasteiger partial charge in [0.05, 0.1) is 13.2 Å². The van der Waals surface area contributed by atoms with Crippen molar-refractivity contribution in [1.29, 1.82) is 0 Å². The molecule has 2 aliphatic rings. The molecule has 1 saturated heterocycles. The zero-order valence-corrected chi connectivity index (χ0v) is 10.4. The molecule has 1 aliphatic carbocycles. The topological polar surface area (TPSA) is 38.5 Å². The first kappa shape index (κ1) is 12.3. The van der Waals surface area contributed by atoms with Crippen LogP contribution < -0.4 is 5.73 Å². The third-order valence-electron chi connectivity index (χ3n) is 4.14. The van der Waals surface area contributed by atoms with Crippen LogP contribution in [0.5, 0.6) is 0 Å². The van der Waals surface area contributed by atoms with Gasteiger partial charge in [0.15, 0.2) is 0 Å². The molecule has 1 heterocycles. The fraction of sp³-hybridized carbons (Fsp3) is 1.00. The van der Waals surface area contributed by atoms with Crippen LogP contribution in [0.2, 0.25) is 0 Å². The number of hydrogen-bond acceptors (Lipinski definition) is 3. The molecule has 0 aromatic carbocycles. The molecule has 0 aromatic rings. The maximum Gasteiger partial charge on any atom is 0.0594 e. The van der Waals surface area contributed by atoms with Crippen LogP contribution in [-0.4, -0.2) is 43.8 Å². The number of ether oxygens (including phenoxy) is 1. The lowest BCUT2D eigenvalue weighted by Crippen LogP contribution is -2.37. The first-order valence-electron chi connectivity index (χ1n) is 6.93. The van der Waals surface area contributed by atoms with Crippen molar-refractivity contribution in [3.63, 3.8) is 0 Å². The van der Waals surface area contributed by atoms with E-state index in [-0.39, 0.29) is 0 Å². The van der Waals surface area contributed by atoms with Gasteiger partial charge in [-0.1, -0.05) is 12.8 Å². The molecule has 0 radical (unpaired) electrons. The van der Waals surface area contributed by atoms with E-state index < -0.39 is 0 Å². The Hall–Kier alpha value is -0.120. The van der Waals surface area contributed by atoms with E-state index in [1.54, 1.807) is 0 Å². The molecule has 94 valence electrons. The number of nitrogens with two attached hydrogens (primary N) is 1. The smallest absolute Gasteiger partial charge is 0.0594 e. The summed E-state index contributed by atoms with van der Waals surface area (Å²) in [4.78, 5) is 2.66. The minimum atomic E-state index is 0.645. The van der Waals surface area contributed by atoms with E-state index in [4.69, 9.17) is 10.5 Å². The Kier molecular flexibility index (Phi) is 5.07. The molecule has 1 unspecified atom stereocenters. The van der Waals surface area contributed by atoms with E-state index in [1.165, 1.54) is 45.1 Å². The van der Waals surface area contributed by atoms with Crippen molar-refractivity contribution in [3.05, 3.63) is 0 Å².